The smallest absolute Gasteiger partial charge is 0.198 e. The van der Waals surface area contributed by atoms with Crippen LogP contribution in [0.4, 0.5) is 0 Å². The van der Waals surface area contributed by atoms with Crippen LogP contribution >= 0.6 is 12.2 Å². The zero-order valence-electron chi connectivity index (χ0n) is 33.7. The first-order chi connectivity index (χ1) is 23.5. The largest absolute Gasteiger partial charge is 0.458 e. The Hall–Kier alpha value is -0.150. The van der Waals surface area contributed by atoms with Crippen LogP contribution < -0.4 is 0 Å². The van der Waals surface area contributed by atoms with E-state index in [0.717, 1.165) is 32.1 Å². The molecule has 288 valence electrons. The highest BCUT2D eigenvalue weighted by atomic mass is 32.1. The Morgan fingerprint density at radius 1 is 0.417 bits per heavy atom. The summed E-state index contributed by atoms with van der Waals surface area (Å²) in [6.45, 7) is 9.12. The van der Waals surface area contributed by atoms with Gasteiger partial charge >= 0.3 is 0 Å². The molecule has 0 spiro atoms. The molecule has 0 aliphatic heterocycles. The first kappa shape index (κ1) is 47.8. The normalized spacial score (nSPS) is 12.5. The van der Waals surface area contributed by atoms with Crippen molar-refractivity contribution in [1.82, 2.24) is 0 Å². The maximum absolute atomic E-state index is 10.5. The van der Waals surface area contributed by atoms with E-state index in [2.05, 4.69) is 27.7 Å². The Morgan fingerprint density at radius 3 is 0.917 bits per heavy atom. The van der Waals surface area contributed by atoms with Crippen molar-refractivity contribution in [3.05, 3.63) is 0 Å². The van der Waals surface area contributed by atoms with Gasteiger partial charge in [-0.25, -0.2) is 0 Å². The standard InChI is InChI=1S/C45H90O2S/c1-5-8-11-13-15-17-19-21-23-25-27-29-31-33-35-38-41-45(4,44(48)47-43(46)40-37-10-7-3)42-39-36-34-32-30-28-26-24-22-20-18-16-14-12-9-6-2/h43,46H,5-42H2,1-4H3. The van der Waals surface area contributed by atoms with Gasteiger partial charge in [-0.3, -0.25) is 0 Å². The van der Waals surface area contributed by atoms with Crippen molar-refractivity contribution in [2.75, 3.05) is 0 Å². The lowest BCUT2D eigenvalue weighted by atomic mass is 9.80. The van der Waals surface area contributed by atoms with Crippen molar-refractivity contribution in [3.63, 3.8) is 0 Å². The maximum Gasteiger partial charge on any atom is 0.198 e. The highest BCUT2D eigenvalue weighted by Crippen LogP contribution is 2.35. The number of rotatable bonds is 40. The molecule has 3 heteroatoms. The van der Waals surface area contributed by atoms with Gasteiger partial charge in [-0.1, -0.05) is 246 Å². The van der Waals surface area contributed by atoms with Gasteiger partial charge in [0.05, 0.1) is 0 Å². The lowest BCUT2D eigenvalue weighted by Gasteiger charge is -2.31. The van der Waals surface area contributed by atoms with Gasteiger partial charge < -0.3 is 9.84 Å². The van der Waals surface area contributed by atoms with Gasteiger partial charge in [0.25, 0.3) is 0 Å². The minimum atomic E-state index is -0.736. The van der Waals surface area contributed by atoms with Crippen molar-refractivity contribution in [2.24, 2.45) is 5.41 Å². The van der Waals surface area contributed by atoms with Crippen LogP contribution in [-0.4, -0.2) is 16.4 Å². The van der Waals surface area contributed by atoms with Crippen LogP contribution in [0, 0.1) is 5.41 Å². The van der Waals surface area contributed by atoms with Crippen LogP contribution in [0.3, 0.4) is 0 Å². The zero-order valence-corrected chi connectivity index (χ0v) is 34.5. The van der Waals surface area contributed by atoms with E-state index in [9.17, 15) is 5.11 Å². The predicted molar refractivity (Wildman–Crippen MR) is 220 cm³/mol. The Bertz CT molecular complexity index is 598. The van der Waals surface area contributed by atoms with Gasteiger partial charge in [0.1, 0.15) is 0 Å². The van der Waals surface area contributed by atoms with Crippen molar-refractivity contribution >= 4 is 17.3 Å². The van der Waals surface area contributed by atoms with E-state index in [1.54, 1.807) is 0 Å². The average Bonchev–Trinajstić information content (AvgIpc) is 3.08. The number of aliphatic hydroxyl groups excluding tert-OH is 1. The van der Waals surface area contributed by atoms with E-state index in [4.69, 9.17) is 17.0 Å². The zero-order chi connectivity index (χ0) is 35.2. The molecule has 0 fully saturated rings. The fraction of sp³-hybridized carbons (Fsp3) is 0.978. The summed E-state index contributed by atoms with van der Waals surface area (Å²) in [4.78, 5) is 0. The number of unbranched alkanes of at least 4 members (excludes halogenated alkanes) is 32. The summed E-state index contributed by atoms with van der Waals surface area (Å²) in [7, 11) is 0. The molecule has 1 N–H and O–H groups in total. The van der Waals surface area contributed by atoms with Crippen molar-refractivity contribution in [2.45, 2.75) is 278 Å². The van der Waals surface area contributed by atoms with Crippen LogP contribution in [0.5, 0.6) is 0 Å². The summed E-state index contributed by atoms with van der Waals surface area (Å²) < 4.78 is 6.01. The Morgan fingerprint density at radius 2 is 0.646 bits per heavy atom. The number of ether oxygens (including phenoxy) is 1. The average molecular weight is 695 g/mol. The van der Waals surface area contributed by atoms with Crippen LogP contribution in [0.1, 0.15) is 272 Å². The third kappa shape index (κ3) is 33.0. The van der Waals surface area contributed by atoms with E-state index in [1.165, 1.54) is 205 Å². The van der Waals surface area contributed by atoms with Crippen molar-refractivity contribution in [1.29, 1.82) is 0 Å². The fourth-order valence-electron chi connectivity index (χ4n) is 7.35. The molecular weight excluding hydrogens is 605 g/mol. The lowest BCUT2D eigenvalue weighted by molar-refractivity contribution is -0.0411. The summed E-state index contributed by atoms with van der Waals surface area (Å²) in [6.07, 6.45) is 50.3. The summed E-state index contributed by atoms with van der Waals surface area (Å²) in [5.41, 5.74) is -0.0902. The molecule has 48 heavy (non-hydrogen) atoms. The third-order valence-corrected chi connectivity index (χ3v) is 11.5. The molecule has 0 aromatic rings. The third-order valence-electron chi connectivity index (χ3n) is 11.0. The second kappa shape index (κ2) is 38.1. The topological polar surface area (TPSA) is 29.5 Å². The Labute approximate surface area is 309 Å². The van der Waals surface area contributed by atoms with E-state index in [-0.39, 0.29) is 5.41 Å². The molecule has 0 aromatic carbocycles. The van der Waals surface area contributed by atoms with Crippen molar-refractivity contribution in [3.8, 4) is 0 Å². The molecule has 1 atom stereocenters. The minimum absolute atomic E-state index is 0.0902. The van der Waals surface area contributed by atoms with Gasteiger partial charge in [0.2, 0.25) is 0 Å². The van der Waals surface area contributed by atoms with Crippen molar-refractivity contribution < 1.29 is 9.84 Å². The molecule has 0 radical (unpaired) electrons. The number of hydrogen-bond donors (Lipinski definition) is 1. The summed E-state index contributed by atoms with van der Waals surface area (Å²) >= 11 is 5.88. The summed E-state index contributed by atoms with van der Waals surface area (Å²) in [6, 6.07) is 0. The van der Waals surface area contributed by atoms with E-state index >= 15 is 0 Å². The number of thiocarbonyl (C=S) groups is 1. The second-order valence-electron chi connectivity index (χ2n) is 16.0. The lowest BCUT2D eigenvalue weighted by Crippen LogP contribution is -2.32. The quantitative estimate of drug-likeness (QED) is 0.0393. The minimum Gasteiger partial charge on any atom is -0.458 e. The molecule has 0 aliphatic carbocycles. The SMILES string of the molecule is CCCCCCCCCCCCCCCCCCC(C)(CCCCCCCCCCCCCCCCCC)C(=S)OC(O)CCCCC. The second-order valence-corrected chi connectivity index (χ2v) is 16.4. The highest BCUT2D eigenvalue weighted by Gasteiger charge is 2.31. The summed E-state index contributed by atoms with van der Waals surface area (Å²) in [5, 5.41) is 11.2. The molecule has 0 saturated heterocycles. The molecule has 0 amide bonds. The molecule has 2 nitrogen and oxygen atoms in total. The fourth-order valence-corrected chi connectivity index (χ4v) is 7.66. The number of hydrogen-bond acceptors (Lipinski definition) is 3. The Kier molecular flexibility index (Phi) is 38.0. The van der Waals surface area contributed by atoms with Crippen LogP contribution in [0.2, 0.25) is 0 Å². The van der Waals surface area contributed by atoms with Gasteiger partial charge in [0, 0.05) is 11.8 Å². The maximum atomic E-state index is 10.5. The predicted octanol–water partition coefficient (Wildman–Crippen LogP) is 16.5. The number of aliphatic hydroxyl groups is 1. The molecule has 0 saturated carbocycles. The molecule has 0 heterocycles. The summed E-state index contributed by atoms with van der Waals surface area (Å²) in [5.74, 6) is 0. The van der Waals surface area contributed by atoms with E-state index < -0.39 is 6.29 Å². The van der Waals surface area contributed by atoms with Crippen LogP contribution in [-0.2, 0) is 4.74 Å². The monoisotopic (exact) mass is 695 g/mol. The van der Waals surface area contributed by atoms with Gasteiger partial charge in [-0.2, -0.15) is 0 Å². The van der Waals surface area contributed by atoms with Crippen LogP contribution in [0.25, 0.3) is 0 Å². The Balaban J connectivity index is 4.11. The van der Waals surface area contributed by atoms with Crippen LogP contribution in [0.15, 0.2) is 0 Å². The molecule has 0 rings (SSSR count). The molecule has 1 unspecified atom stereocenters. The molecule has 0 bridgehead atoms. The first-order valence-corrected chi connectivity index (χ1v) is 22.8. The molecule has 0 aliphatic rings. The first-order valence-electron chi connectivity index (χ1n) is 22.4. The highest BCUT2D eigenvalue weighted by molar-refractivity contribution is 7.80. The van der Waals surface area contributed by atoms with E-state index in [0.29, 0.717) is 11.5 Å². The van der Waals surface area contributed by atoms with Gasteiger partial charge in [-0.15, -0.1) is 0 Å². The molecular formula is C45H90O2S. The van der Waals surface area contributed by atoms with Gasteiger partial charge in [-0.05, 0) is 31.5 Å². The van der Waals surface area contributed by atoms with Gasteiger partial charge in [0.15, 0.2) is 11.3 Å². The molecule has 0 aromatic heterocycles. The van der Waals surface area contributed by atoms with E-state index in [1.807, 2.05) is 0 Å².